The van der Waals surface area contributed by atoms with Crippen molar-refractivity contribution < 1.29 is 9.53 Å². The lowest BCUT2D eigenvalue weighted by atomic mass is 10.3. The molecule has 0 aromatic rings. The van der Waals surface area contributed by atoms with Crippen LogP contribution in [0.3, 0.4) is 0 Å². The van der Waals surface area contributed by atoms with E-state index in [1.54, 1.807) is 0 Å². The molecule has 0 bridgehead atoms. The predicted molar refractivity (Wildman–Crippen MR) is 36.1 cm³/mol. The summed E-state index contributed by atoms with van der Waals surface area (Å²) in [5, 5.41) is 0.113. The second-order valence-electron chi connectivity index (χ2n) is 1.38. The summed E-state index contributed by atoms with van der Waals surface area (Å²) in [6.45, 7) is 6.61. The van der Waals surface area contributed by atoms with Crippen molar-refractivity contribution in [3.8, 4) is 0 Å². The molecule has 0 aliphatic carbocycles. The van der Waals surface area contributed by atoms with Crippen LogP contribution >= 0.6 is 11.6 Å². The quantitative estimate of drug-likeness (QED) is 0.335. The summed E-state index contributed by atoms with van der Waals surface area (Å²) in [5.41, 5.74) is 0.0965. The van der Waals surface area contributed by atoms with E-state index >= 15 is 0 Å². The molecule has 0 aromatic heterocycles. The molecule has 9 heavy (non-hydrogen) atoms. The van der Waals surface area contributed by atoms with Crippen LogP contribution in [0.15, 0.2) is 23.8 Å². The second kappa shape index (κ2) is 3.30. The lowest BCUT2D eigenvalue weighted by Crippen LogP contribution is -2.02. The maximum Gasteiger partial charge on any atom is 0.338 e. The highest BCUT2D eigenvalue weighted by atomic mass is 35.5. The molecular weight excluding hydrogens is 140 g/mol. The zero-order valence-corrected chi connectivity index (χ0v) is 5.86. The van der Waals surface area contributed by atoms with Crippen LogP contribution in [0.25, 0.3) is 0 Å². The van der Waals surface area contributed by atoms with Crippen LogP contribution in [0.4, 0.5) is 0 Å². The van der Waals surface area contributed by atoms with Crippen molar-refractivity contribution in [3.05, 3.63) is 23.8 Å². The zero-order valence-electron chi connectivity index (χ0n) is 5.11. The largest absolute Gasteiger partial charge is 0.465 e. The molecule has 50 valence electrons. The molecule has 0 aromatic carbocycles. The first-order valence-corrected chi connectivity index (χ1v) is 2.59. The molecule has 0 radical (unpaired) electrons. The fraction of sp³-hybridized carbons (Fsp3) is 0.167. The number of carbonyl (C=O) groups is 1. The smallest absolute Gasteiger partial charge is 0.338 e. The number of ether oxygens (including phenoxy) is 1. The minimum atomic E-state index is -0.546. The normalized spacial score (nSPS) is 8.22. The van der Waals surface area contributed by atoms with Crippen molar-refractivity contribution in [2.45, 2.75) is 0 Å². The molecule has 0 aliphatic heterocycles. The van der Waals surface area contributed by atoms with Gasteiger partial charge in [0.05, 0.1) is 12.7 Å². The molecule has 0 unspecified atom stereocenters. The first kappa shape index (κ1) is 8.24. The number of carbonyl (C=O) groups excluding carboxylic acids is 1. The fourth-order valence-electron chi connectivity index (χ4n) is 0.234. The predicted octanol–water partition coefficient (Wildman–Crippen LogP) is 1.47. The minimum absolute atomic E-state index is 0.0965. The van der Waals surface area contributed by atoms with E-state index in [4.69, 9.17) is 11.6 Å². The Morgan fingerprint density at radius 3 is 2.11 bits per heavy atom. The highest BCUT2D eigenvalue weighted by molar-refractivity contribution is 6.34. The molecule has 0 saturated heterocycles. The summed E-state index contributed by atoms with van der Waals surface area (Å²) in [4.78, 5) is 10.5. The van der Waals surface area contributed by atoms with Crippen molar-refractivity contribution in [2.24, 2.45) is 0 Å². The lowest BCUT2D eigenvalue weighted by molar-refractivity contribution is -0.135. The third kappa shape index (κ3) is 2.33. The molecule has 2 nitrogen and oxygen atoms in total. The molecule has 0 spiro atoms. The third-order valence-electron chi connectivity index (χ3n) is 0.759. The average Bonchev–Trinajstić information content (AvgIpc) is 1.84. The van der Waals surface area contributed by atoms with Crippen molar-refractivity contribution in [2.75, 3.05) is 7.11 Å². The number of rotatable bonds is 2. The summed E-state index contributed by atoms with van der Waals surface area (Å²) in [7, 11) is 1.26. The van der Waals surface area contributed by atoms with E-state index < -0.39 is 5.97 Å². The Morgan fingerprint density at radius 1 is 1.56 bits per heavy atom. The standard InChI is InChI=1S/C6H7ClO2/c1-4(5(2)7)6(8)9-3/h1-2H2,3H3. The van der Waals surface area contributed by atoms with E-state index in [2.05, 4.69) is 17.9 Å². The highest BCUT2D eigenvalue weighted by Gasteiger charge is 2.06. The van der Waals surface area contributed by atoms with Crippen LogP contribution < -0.4 is 0 Å². The molecule has 0 atom stereocenters. The van der Waals surface area contributed by atoms with Crippen LogP contribution in [0.5, 0.6) is 0 Å². The number of esters is 1. The first-order chi connectivity index (χ1) is 4.09. The molecule has 0 heterocycles. The van der Waals surface area contributed by atoms with Crippen LogP contribution in [0.1, 0.15) is 0 Å². The van der Waals surface area contributed by atoms with E-state index in [1.165, 1.54) is 7.11 Å². The minimum Gasteiger partial charge on any atom is -0.465 e. The van der Waals surface area contributed by atoms with E-state index in [1.807, 2.05) is 0 Å². The maximum atomic E-state index is 10.5. The average molecular weight is 147 g/mol. The van der Waals surface area contributed by atoms with Crippen molar-refractivity contribution in [1.29, 1.82) is 0 Å². The van der Waals surface area contributed by atoms with E-state index in [-0.39, 0.29) is 10.6 Å². The van der Waals surface area contributed by atoms with Gasteiger partial charge in [-0.25, -0.2) is 4.79 Å². The summed E-state index contributed by atoms with van der Waals surface area (Å²) >= 11 is 5.31. The lowest BCUT2D eigenvalue weighted by Gasteiger charge is -1.97. The van der Waals surface area contributed by atoms with E-state index in [0.717, 1.165) is 0 Å². The fourth-order valence-corrected chi connectivity index (χ4v) is 0.311. The van der Waals surface area contributed by atoms with Gasteiger partial charge in [0.15, 0.2) is 0 Å². The maximum absolute atomic E-state index is 10.5. The molecule has 0 amide bonds. The molecular formula is C6H7ClO2. The number of hydrogen-bond acceptors (Lipinski definition) is 2. The Balaban J connectivity index is 4.05. The molecule has 0 rings (SSSR count). The van der Waals surface area contributed by atoms with E-state index in [0.29, 0.717) is 0 Å². The second-order valence-corrected chi connectivity index (χ2v) is 1.83. The van der Waals surface area contributed by atoms with Gasteiger partial charge in [-0.3, -0.25) is 0 Å². The SMILES string of the molecule is C=C(Cl)C(=C)C(=O)OC. The number of methoxy groups -OCH3 is 1. The van der Waals surface area contributed by atoms with Crippen LogP contribution in [0.2, 0.25) is 0 Å². The van der Waals surface area contributed by atoms with Gasteiger partial charge in [-0.1, -0.05) is 24.8 Å². The van der Waals surface area contributed by atoms with Gasteiger partial charge in [-0.2, -0.15) is 0 Å². The van der Waals surface area contributed by atoms with Crippen molar-refractivity contribution >= 4 is 17.6 Å². The first-order valence-electron chi connectivity index (χ1n) is 2.21. The Labute approximate surface area is 58.8 Å². The molecule has 0 N–H and O–H groups in total. The van der Waals surface area contributed by atoms with E-state index in [9.17, 15) is 4.79 Å². The van der Waals surface area contributed by atoms with Gasteiger partial charge in [0.1, 0.15) is 0 Å². The molecule has 0 aliphatic rings. The summed E-state index contributed by atoms with van der Waals surface area (Å²) in [6.07, 6.45) is 0. The van der Waals surface area contributed by atoms with Gasteiger partial charge in [0.25, 0.3) is 0 Å². The Bertz CT molecular complexity index is 160. The van der Waals surface area contributed by atoms with Crippen LogP contribution in [-0.2, 0) is 9.53 Å². The molecule has 0 fully saturated rings. The zero-order chi connectivity index (χ0) is 7.44. The highest BCUT2D eigenvalue weighted by Crippen LogP contribution is 2.09. The summed E-state index contributed by atoms with van der Waals surface area (Å²) in [6, 6.07) is 0. The van der Waals surface area contributed by atoms with Crippen molar-refractivity contribution in [1.82, 2.24) is 0 Å². The van der Waals surface area contributed by atoms with Gasteiger partial charge in [-0.15, -0.1) is 0 Å². The molecule has 3 heteroatoms. The van der Waals surface area contributed by atoms with Gasteiger partial charge >= 0.3 is 5.97 Å². The summed E-state index contributed by atoms with van der Waals surface area (Å²) in [5.74, 6) is -0.546. The molecule has 0 saturated carbocycles. The van der Waals surface area contributed by atoms with Crippen LogP contribution in [0, 0.1) is 0 Å². The Morgan fingerprint density at radius 2 is 2.00 bits per heavy atom. The van der Waals surface area contributed by atoms with Gasteiger partial charge in [-0.05, 0) is 0 Å². The van der Waals surface area contributed by atoms with Crippen LogP contribution in [-0.4, -0.2) is 13.1 Å². The number of halogens is 1. The van der Waals surface area contributed by atoms with Gasteiger partial charge < -0.3 is 4.74 Å². The van der Waals surface area contributed by atoms with Crippen molar-refractivity contribution in [3.63, 3.8) is 0 Å². The Hall–Kier alpha value is -0.760. The van der Waals surface area contributed by atoms with Gasteiger partial charge in [0, 0.05) is 5.03 Å². The third-order valence-corrected chi connectivity index (χ3v) is 0.987. The topological polar surface area (TPSA) is 26.3 Å². The Kier molecular flexibility index (Phi) is 3.02. The monoisotopic (exact) mass is 146 g/mol. The summed E-state index contributed by atoms with van der Waals surface area (Å²) < 4.78 is 4.29. The number of hydrogen-bond donors (Lipinski definition) is 0. The van der Waals surface area contributed by atoms with Gasteiger partial charge in [0.2, 0.25) is 0 Å².